The van der Waals surface area contributed by atoms with E-state index in [-0.39, 0.29) is 5.92 Å². The number of benzene rings is 1. The van der Waals surface area contributed by atoms with Crippen LogP contribution in [-0.2, 0) is 0 Å². The fourth-order valence-electron chi connectivity index (χ4n) is 4.18. The van der Waals surface area contributed by atoms with Gasteiger partial charge in [0.1, 0.15) is 12.0 Å². The fraction of sp³-hybridized carbons (Fsp3) is 0.588. The highest BCUT2D eigenvalue weighted by molar-refractivity contribution is 5.37. The summed E-state index contributed by atoms with van der Waals surface area (Å²) < 4.78 is 5.52. The molecule has 2 fully saturated rings. The fourth-order valence-corrected chi connectivity index (χ4v) is 4.18. The van der Waals surface area contributed by atoms with Gasteiger partial charge in [0.15, 0.2) is 0 Å². The van der Waals surface area contributed by atoms with Gasteiger partial charge in [-0.25, -0.2) is 0 Å². The van der Waals surface area contributed by atoms with Crippen LogP contribution < -0.4 is 10.1 Å². The molecule has 1 aromatic rings. The molecule has 4 heteroatoms. The molecule has 1 aliphatic carbocycles. The van der Waals surface area contributed by atoms with Crippen molar-refractivity contribution in [3.05, 3.63) is 29.8 Å². The van der Waals surface area contributed by atoms with Gasteiger partial charge in [-0.05, 0) is 42.2 Å². The van der Waals surface area contributed by atoms with Crippen molar-refractivity contribution in [2.75, 3.05) is 13.7 Å². The van der Waals surface area contributed by atoms with Crippen molar-refractivity contribution < 1.29 is 9.84 Å². The minimum absolute atomic E-state index is 0.243. The van der Waals surface area contributed by atoms with Crippen LogP contribution >= 0.6 is 0 Å². The molecule has 0 spiro atoms. The van der Waals surface area contributed by atoms with Crippen molar-refractivity contribution in [3.8, 4) is 11.8 Å². The van der Waals surface area contributed by atoms with Crippen molar-refractivity contribution in [2.45, 2.75) is 31.4 Å². The highest BCUT2D eigenvalue weighted by Crippen LogP contribution is 2.49. The Labute approximate surface area is 125 Å². The van der Waals surface area contributed by atoms with Crippen LogP contribution in [0.1, 0.15) is 30.7 Å². The Hall–Kier alpha value is -1.57. The lowest BCUT2D eigenvalue weighted by molar-refractivity contribution is 0.0580. The van der Waals surface area contributed by atoms with E-state index in [1.165, 1.54) is 5.56 Å². The summed E-state index contributed by atoms with van der Waals surface area (Å²) in [6.45, 7) is 0.841. The van der Waals surface area contributed by atoms with E-state index >= 15 is 0 Å². The quantitative estimate of drug-likeness (QED) is 0.894. The lowest BCUT2D eigenvalue weighted by Crippen LogP contribution is -2.34. The third kappa shape index (κ3) is 2.64. The van der Waals surface area contributed by atoms with Gasteiger partial charge >= 0.3 is 0 Å². The molecule has 3 rings (SSSR count). The Morgan fingerprint density at radius 1 is 1.33 bits per heavy atom. The molecule has 21 heavy (non-hydrogen) atoms. The molecule has 0 amide bonds. The van der Waals surface area contributed by atoms with Gasteiger partial charge in [-0.15, -0.1) is 0 Å². The number of nitrogens with one attached hydrogen (secondary N) is 1. The SMILES string of the molecule is COc1ccccc1[C@H]1C[C@H](CC#N)C[C@H]2C(O)NC[C@@H]12. The molecule has 1 unspecified atom stereocenters. The molecule has 1 heterocycles. The zero-order valence-corrected chi connectivity index (χ0v) is 12.3. The minimum Gasteiger partial charge on any atom is -0.496 e. The van der Waals surface area contributed by atoms with Crippen molar-refractivity contribution in [1.29, 1.82) is 5.26 Å². The molecule has 1 aliphatic heterocycles. The maximum Gasteiger partial charge on any atom is 0.122 e. The molecule has 0 bridgehead atoms. The van der Waals surface area contributed by atoms with Gasteiger partial charge in [-0.3, -0.25) is 5.32 Å². The zero-order valence-electron chi connectivity index (χ0n) is 12.3. The predicted octanol–water partition coefficient (Wildman–Crippen LogP) is 2.26. The number of hydrogen-bond acceptors (Lipinski definition) is 4. The summed E-state index contributed by atoms with van der Waals surface area (Å²) in [4.78, 5) is 0. The largest absolute Gasteiger partial charge is 0.496 e. The first-order valence-electron chi connectivity index (χ1n) is 7.66. The lowest BCUT2D eigenvalue weighted by Gasteiger charge is -2.38. The number of nitriles is 1. The summed E-state index contributed by atoms with van der Waals surface area (Å²) in [5.41, 5.74) is 1.22. The van der Waals surface area contributed by atoms with Gasteiger partial charge in [-0.1, -0.05) is 18.2 Å². The summed E-state index contributed by atoms with van der Waals surface area (Å²) in [6.07, 6.45) is 2.08. The molecule has 5 atom stereocenters. The molecule has 1 saturated carbocycles. The van der Waals surface area contributed by atoms with Crippen LogP contribution in [0.2, 0.25) is 0 Å². The normalized spacial score (nSPS) is 35.0. The average molecular weight is 286 g/mol. The molecule has 2 N–H and O–H groups in total. The maximum absolute atomic E-state index is 10.2. The Morgan fingerprint density at radius 2 is 2.14 bits per heavy atom. The highest BCUT2D eigenvalue weighted by atomic mass is 16.5. The van der Waals surface area contributed by atoms with Crippen molar-refractivity contribution in [3.63, 3.8) is 0 Å². The third-order valence-corrected chi connectivity index (χ3v) is 5.15. The maximum atomic E-state index is 10.2. The monoisotopic (exact) mass is 286 g/mol. The van der Waals surface area contributed by atoms with Crippen LogP contribution in [0.4, 0.5) is 0 Å². The van der Waals surface area contributed by atoms with Gasteiger partial charge in [0.2, 0.25) is 0 Å². The van der Waals surface area contributed by atoms with Gasteiger partial charge in [0.05, 0.1) is 13.2 Å². The Balaban J connectivity index is 1.93. The molecule has 1 aromatic carbocycles. The second kappa shape index (κ2) is 6.05. The van der Waals surface area contributed by atoms with E-state index < -0.39 is 6.23 Å². The molecule has 2 aliphatic rings. The molecular formula is C17H22N2O2. The van der Waals surface area contributed by atoms with Gasteiger partial charge in [0, 0.05) is 18.9 Å². The Kier molecular flexibility index (Phi) is 4.14. The Bertz CT molecular complexity index is 540. The second-order valence-corrected chi connectivity index (χ2v) is 6.23. The molecule has 0 radical (unpaired) electrons. The molecular weight excluding hydrogens is 264 g/mol. The van der Waals surface area contributed by atoms with E-state index in [2.05, 4.69) is 17.5 Å². The predicted molar refractivity (Wildman–Crippen MR) is 79.7 cm³/mol. The number of aliphatic hydroxyl groups is 1. The van der Waals surface area contributed by atoms with Crippen LogP contribution in [0.15, 0.2) is 24.3 Å². The number of fused-ring (bicyclic) bond motifs is 1. The first-order valence-corrected chi connectivity index (χ1v) is 7.66. The lowest BCUT2D eigenvalue weighted by atomic mass is 9.66. The van der Waals surface area contributed by atoms with Crippen molar-refractivity contribution in [2.24, 2.45) is 17.8 Å². The number of ether oxygens (including phenoxy) is 1. The van der Waals surface area contributed by atoms with Gasteiger partial charge in [-0.2, -0.15) is 5.26 Å². The van der Waals surface area contributed by atoms with Crippen molar-refractivity contribution >= 4 is 0 Å². The van der Waals surface area contributed by atoms with E-state index in [0.717, 1.165) is 25.1 Å². The van der Waals surface area contributed by atoms with Gasteiger partial charge in [0.25, 0.3) is 0 Å². The van der Waals surface area contributed by atoms with Crippen LogP contribution in [0.5, 0.6) is 5.75 Å². The number of rotatable bonds is 3. The molecule has 0 aromatic heterocycles. The topological polar surface area (TPSA) is 65.3 Å². The summed E-state index contributed by atoms with van der Waals surface area (Å²) in [5, 5.41) is 22.4. The number of aliphatic hydroxyl groups excluding tert-OH is 1. The van der Waals surface area contributed by atoms with E-state index in [9.17, 15) is 5.11 Å². The molecule has 112 valence electrons. The van der Waals surface area contributed by atoms with Crippen LogP contribution in [0, 0.1) is 29.1 Å². The Morgan fingerprint density at radius 3 is 2.90 bits per heavy atom. The average Bonchev–Trinajstić information content (AvgIpc) is 2.88. The van der Waals surface area contributed by atoms with E-state index in [4.69, 9.17) is 10.00 Å². The van der Waals surface area contributed by atoms with E-state index in [1.54, 1.807) is 7.11 Å². The van der Waals surface area contributed by atoms with Crippen molar-refractivity contribution in [1.82, 2.24) is 5.32 Å². The highest BCUT2D eigenvalue weighted by Gasteiger charge is 2.45. The molecule has 1 saturated heterocycles. The number of methoxy groups -OCH3 is 1. The minimum atomic E-state index is -0.436. The summed E-state index contributed by atoms with van der Waals surface area (Å²) in [6, 6.07) is 10.4. The standard InChI is InChI=1S/C17H22N2O2/c1-21-16-5-3-2-4-12(16)13-8-11(6-7-18)9-14-15(13)10-19-17(14)20/h2-5,11,13-15,17,19-20H,6,8-10H2,1H3/t11-,13+,14+,15-,17?/m0/s1. The first kappa shape index (κ1) is 14.4. The number of para-hydroxylation sites is 1. The summed E-state index contributed by atoms with van der Waals surface area (Å²) >= 11 is 0. The molecule has 4 nitrogen and oxygen atoms in total. The first-order chi connectivity index (χ1) is 10.2. The number of nitrogens with zero attached hydrogens (tertiary/aromatic N) is 1. The smallest absolute Gasteiger partial charge is 0.122 e. The summed E-state index contributed by atoms with van der Waals surface area (Å²) in [5.74, 6) is 2.29. The zero-order chi connectivity index (χ0) is 14.8. The van der Waals surface area contributed by atoms with Crippen LogP contribution in [0.3, 0.4) is 0 Å². The van der Waals surface area contributed by atoms with Crippen LogP contribution in [0.25, 0.3) is 0 Å². The summed E-state index contributed by atoms with van der Waals surface area (Å²) in [7, 11) is 1.70. The second-order valence-electron chi connectivity index (χ2n) is 6.23. The van der Waals surface area contributed by atoms with Gasteiger partial charge < -0.3 is 9.84 Å². The third-order valence-electron chi connectivity index (χ3n) is 5.15. The van der Waals surface area contributed by atoms with E-state index in [0.29, 0.717) is 24.2 Å². The van der Waals surface area contributed by atoms with Crippen LogP contribution in [-0.4, -0.2) is 25.0 Å². The van der Waals surface area contributed by atoms with E-state index in [1.807, 2.05) is 18.2 Å². The number of hydrogen-bond donors (Lipinski definition) is 2.